The van der Waals surface area contributed by atoms with E-state index in [2.05, 4.69) is 6.92 Å². The summed E-state index contributed by atoms with van der Waals surface area (Å²) >= 11 is 7.72. The van der Waals surface area contributed by atoms with Gasteiger partial charge in [-0.1, -0.05) is 24.9 Å². The van der Waals surface area contributed by atoms with Gasteiger partial charge in [-0.25, -0.2) is 4.79 Å². The number of anilines is 1. The van der Waals surface area contributed by atoms with Crippen molar-refractivity contribution in [2.24, 2.45) is 0 Å². The molecule has 5 heteroatoms. The molecule has 3 nitrogen and oxygen atoms in total. The number of unbranched alkanes of at least 4 members (excludes halogenated alkanes) is 1. The second-order valence-electron chi connectivity index (χ2n) is 3.80. The molecule has 0 amide bonds. The number of nitrogen functional groups attached to an aromatic ring is 1. The maximum absolute atomic E-state index is 11.9. The first-order valence-electron chi connectivity index (χ1n) is 5.99. The van der Waals surface area contributed by atoms with E-state index < -0.39 is 0 Å². The molecule has 0 saturated carbocycles. The third-order valence-electron chi connectivity index (χ3n) is 2.31. The Morgan fingerprint density at radius 1 is 1.44 bits per heavy atom. The molecule has 18 heavy (non-hydrogen) atoms. The van der Waals surface area contributed by atoms with E-state index in [9.17, 15) is 4.79 Å². The van der Waals surface area contributed by atoms with Crippen molar-refractivity contribution in [2.75, 3.05) is 18.1 Å². The lowest BCUT2D eigenvalue weighted by Crippen LogP contribution is -2.07. The lowest BCUT2D eigenvalue weighted by molar-refractivity contribution is 0.0522. The molecule has 0 aromatic heterocycles. The minimum atomic E-state index is -0.370. The minimum Gasteiger partial charge on any atom is -0.462 e. The molecule has 1 aromatic rings. The van der Waals surface area contributed by atoms with Crippen molar-refractivity contribution in [3.8, 4) is 0 Å². The van der Waals surface area contributed by atoms with Crippen LogP contribution in [0.1, 0.15) is 37.0 Å². The Labute approximate surface area is 117 Å². The van der Waals surface area contributed by atoms with Crippen LogP contribution >= 0.6 is 23.4 Å². The zero-order chi connectivity index (χ0) is 13.5. The van der Waals surface area contributed by atoms with E-state index in [4.69, 9.17) is 22.1 Å². The number of rotatable bonds is 6. The quantitative estimate of drug-likeness (QED) is 0.372. The zero-order valence-electron chi connectivity index (χ0n) is 10.7. The van der Waals surface area contributed by atoms with Gasteiger partial charge in [-0.05, 0) is 31.2 Å². The number of nitrogens with two attached hydrogens (primary N) is 1. The number of halogens is 1. The van der Waals surface area contributed by atoms with Gasteiger partial charge in [0.1, 0.15) is 0 Å². The van der Waals surface area contributed by atoms with E-state index in [-0.39, 0.29) is 5.97 Å². The lowest BCUT2D eigenvalue weighted by Gasteiger charge is -2.11. The number of ether oxygens (including phenoxy) is 1. The summed E-state index contributed by atoms with van der Waals surface area (Å²) < 4.78 is 5.02. The minimum absolute atomic E-state index is 0.338. The molecule has 0 radical (unpaired) electrons. The fourth-order valence-electron chi connectivity index (χ4n) is 1.44. The van der Waals surface area contributed by atoms with Gasteiger partial charge < -0.3 is 10.5 Å². The molecule has 2 N–H and O–H groups in total. The van der Waals surface area contributed by atoms with Gasteiger partial charge in [0.05, 0.1) is 17.2 Å². The summed E-state index contributed by atoms with van der Waals surface area (Å²) in [6.07, 6.45) is 2.18. The van der Waals surface area contributed by atoms with Crippen molar-refractivity contribution in [3.63, 3.8) is 0 Å². The fourth-order valence-corrected chi connectivity index (χ4v) is 2.96. The Bertz CT molecular complexity index is 424. The topological polar surface area (TPSA) is 52.3 Å². The Morgan fingerprint density at radius 3 is 2.78 bits per heavy atom. The molecule has 0 aliphatic heterocycles. The maximum atomic E-state index is 11.9. The van der Waals surface area contributed by atoms with Crippen LogP contribution in [-0.4, -0.2) is 18.3 Å². The van der Waals surface area contributed by atoms with E-state index in [0.29, 0.717) is 22.9 Å². The molecule has 0 unspecified atom stereocenters. The summed E-state index contributed by atoms with van der Waals surface area (Å²) in [5, 5.41) is 0.513. The Morgan fingerprint density at radius 2 is 2.17 bits per heavy atom. The van der Waals surface area contributed by atoms with Crippen LogP contribution in [0.5, 0.6) is 0 Å². The standard InChI is InChI=1S/C13H18ClNO2S/c1-3-5-6-18-12-10(13(16)17-4-2)7-9(15)8-11(12)14/h7-8H,3-6,15H2,1-2H3. The number of carbonyl (C=O) groups excluding carboxylic acids is 1. The second kappa shape index (κ2) is 7.54. The van der Waals surface area contributed by atoms with Crippen molar-refractivity contribution in [2.45, 2.75) is 31.6 Å². The number of hydrogen-bond donors (Lipinski definition) is 1. The third-order valence-corrected chi connectivity index (χ3v) is 3.94. The molecular formula is C13H18ClNO2S. The average Bonchev–Trinajstić information content (AvgIpc) is 2.31. The predicted molar refractivity (Wildman–Crippen MR) is 77.5 cm³/mol. The highest BCUT2D eigenvalue weighted by molar-refractivity contribution is 7.99. The Kier molecular flexibility index (Phi) is 6.36. The molecule has 1 aromatic carbocycles. The molecular weight excluding hydrogens is 270 g/mol. The van der Waals surface area contributed by atoms with E-state index in [0.717, 1.165) is 23.5 Å². The number of hydrogen-bond acceptors (Lipinski definition) is 4. The second-order valence-corrected chi connectivity index (χ2v) is 5.31. The zero-order valence-corrected chi connectivity index (χ0v) is 12.2. The molecule has 0 fully saturated rings. The highest BCUT2D eigenvalue weighted by atomic mass is 35.5. The van der Waals surface area contributed by atoms with Gasteiger partial charge in [0, 0.05) is 10.6 Å². The van der Waals surface area contributed by atoms with Crippen molar-refractivity contribution in [3.05, 3.63) is 22.7 Å². The predicted octanol–water partition coefficient (Wildman–Crippen LogP) is 3.99. The Hall–Kier alpha value is -0.870. The molecule has 0 aliphatic rings. The molecule has 100 valence electrons. The van der Waals surface area contributed by atoms with Crippen LogP contribution in [0.4, 0.5) is 5.69 Å². The van der Waals surface area contributed by atoms with Gasteiger partial charge in [-0.2, -0.15) is 0 Å². The van der Waals surface area contributed by atoms with Gasteiger partial charge >= 0.3 is 5.97 Å². The monoisotopic (exact) mass is 287 g/mol. The summed E-state index contributed by atoms with van der Waals surface area (Å²) in [7, 11) is 0. The van der Waals surface area contributed by atoms with Gasteiger partial charge in [0.15, 0.2) is 0 Å². The summed E-state index contributed by atoms with van der Waals surface area (Å²) in [5.41, 5.74) is 6.65. The normalized spacial score (nSPS) is 10.4. The van der Waals surface area contributed by atoms with E-state index in [1.807, 2.05) is 0 Å². The molecule has 0 heterocycles. The van der Waals surface area contributed by atoms with Gasteiger partial charge in [-0.15, -0.1) is 11.8 Å². The first-order chi connectivity index (χ1) is 8.60. The summed E-state index contributed by atoms with van der Waals surface area (Å²) in [4.78, 5) is 12.6. The largest absolute Gasteiger partial charge is 0.462 e. The average molecular weight is 288 g/mol. The third kappa shape index (κ3) is 4.10. The number of esters is 1. The highest BCUT2D eigenvalue weighted by Crippen LogP contribution is 2.34. The molecule has 0 bridgehead atoms. The first kappa shape index (κ1) is 15.2. The summed E-state index contributed by atoms with van der Waals surface area (Å²) in [6.45, 7) is 4.23. The van der Waals surface area contributed by atoms with Gasteiger partial charge in [-0.3, -0.25) is 0 Å². The van der Waals surface area contributed by atoms with Crippen LogP contribution in [0.3, 0.4) is 0 Å². The lowest BCUT2D eigenvalue weighted by atomic mass is 10.2. The summed E-state index contributed by atoms with van der Waals surface area (Å²) in [5.74, 6) is 0.553. The van der Waals surface area contributed by atoms with Crippen LogP contribution in [0, 0.1) is 0 Å². The Balaban J connectivity index is 3.00. The van der Waals surface area contributed by atoms with E-state index in [1.54, 1.807) is 30.8 Å². The van der Waals surface area contributed by atoms with Crippen molar-refractivity contribution < 1.29 is 9.53 Å². The molecule has 0 spiro atoms. The van der Waals surface area contributed by atoms with Crippen molar-refractivity contribution >= 4 is 35.0 Å². The van der Waals surface area contributed by atoms with Crippen LogP contribution in [-0.2, 0) is 4.74 Å². The number of benzene rings is 1. The van der Waals surface area contributed by atoms with Crippen LogP contribution in [0.15, 0.2) is 17.0 Å². The van der Waals surface area contributed by atoms with E-state index >= 15 is 0 Å². The van der Waals surface area contributed by atoms with Crippen molar-refractivity contribution in [1.29, 1.82) is 0 Å². The molecule has 0 saturated heterocycles. The fraction of sp³-hybridized carbons (Fsp3) is 0.462. The molecule has 0 atom stereocenters. The maximum Gasteiger partial charge on any atom is 0.339 e. The smallest absolute Gasteiger partial charge is 0.339 e. The van der Waals surface area contributed by atoms with E-state index in [1.165, 1.54) is 0 Å². The first-order valence-corrected chi connectivity index (χ1v) is 7.35. The van der Waals surface area contributed by atoms with Crippen LogP contribution in [0.25, 0.3) is 0 Å². The van der Waals surface area contributed by atoms with Gasteiger partial charge in [0.2, 0.25) is 0 Å². The molecule has 0 aliphatic carbocycles. The number of thioether (sulfide) groups is 1. The van der Waals surface area contributed by atoms with Crippen LogP contribution < -0.4 is 5.73 Å². The van der Waals surface area contributed by atoms with Crippen molar-refractivity contribution in [1.82, 2.24) is 0 Å². The van der Waals surface area contributed by atoms with Gasteiger partial charge in [0.25, 0.3) is 0 Å². The molecule has 1 rings (SSSR count). The highest BCUT2D eigenvalue weighted by Gasteiger charge is 2.16. The number of carbonyl (C=O) groups is 1. The summed E-state index contributed by atoms with van der Waals surface area (Å²) in [6, 6.07) is 3.29. The van der Waals surface area contributed by atoms with Crippen LogP contribution in [0.2, 0.25) is 5.02 Å². The SMILES string of the molecule is CCCCSc1c(Cl)cc(N)cc1C(=O)OCC.